The van der Waals surface area contributed by atoms with Crippen LogP contribution in [0.4, 0.5) is 11.8 Å². The molecule has 1 aromatic heterocycles. The molecule has 2 fully saturated rings. The summed E-state index contributed by atoms with van der Waals surface area (Å²) in [7, 11) is 0. The highest BCUT2D eigenvalue weighted by molar-refractivity contribution is 6.31. The number of halogens is 1. The van der Waals surface area contributed by atoms with E-state index < -0.39 is 5.97 Å². The molecule has 2 aliphatic heterocycles. The molecule has 2 aliphatic rings. The molecule has 0 saturated carbocycles. The van der Waals surface area contributed by atoms with Crippen molar-refractivity contribution in [1.82, 2.24) is 14.9 Å². The Labute approximate surface area is 212 Å². The van der Waals surface area contributed by atoms with E-state index >= 15 is 0 Å². The third kappa shape index (κ3) is 6.05. The number of aliphatic hydroxyl groups excluding tert-OH is 1. The molecule has 1 aromatic carbocycles. The number of aryl methyl sites for hydroxylation is 1. The lowest BCUT2D eigenvalue weighted by Gasteiger charge is -2.46. The number of likely N-dealkylation sites (tertiary alicyclic amines) is 1. The predicted octanol–water partition coefficient (Wildman–Crippen LogP) is 3.93. The van der Waals surface area contributed by atoms with Gasteiger partial charge in [0.2, 0.25) is 5.95 Å². The number of aliphatic hydroxyl groups is 1. The predicted molar refractivity (Wildman–Crippen MR) is 138 cm³/mol. The van der Waals surface area contributed by atoms with Crippen LogP contribution in [0.15, 0.2) is 24.4 Å². The zero-order valence-electron chi connectivity index (χ0n) is 20.8. The number of nitrogens with zero attached hydrogens (tertiary/aromatic N) is 4. The number of piperidine rings is 1. The molecule has 0 bridgehead atoms. The average Bonchev–Trinajstić information content (AvgIpc) is 2.79. The number of nitrogens with one attached hydrogen (secondary N) is 1. The maximum Gasteiger partial charge on any atom is 0.343 e. The second-order valence-electron chi connectivity index (χ2n) is 9.64. The number of carbonyl (C=O) groups is 1. The van der Waals surface area contributed by atoms with Crippen LogP contribution in [0.5, 0.6) is 0 Å². The highest BCUT2D eigenvalue weighted by Crippen LogP contribution is 2.34. The van der Waals surface area contributed by atoms with Gasteiger partial charge in [0.25, 0.3) is 0 Å². The van der Waals surface area contributed by atoms with E-state index in [9.17, 15) is 9.90 Å². The van der Waals surface area contributed by atoms with Gasteiger partial charge in [-0.15, -0.1) is 0 Å². The van der Waals surface area contributed by atoms with Crippen molar-refractivity contribution in [3.05, 3.63) is 46.1 Å². The van der Waals surface area contributed by atoms with Crippen molar-refractivity contribution < 1.29 is 14.6 Å². The van der Waals surface area contributed by atoms with Gasteiger partial charge in [-0.1, -0.05) is 23.7 Å². The molecule has 4 rings (SSSR count). The van der Waals surface area contributed by atoms with E-state index in [2.05, 4.69) is 20.1 Å². The Balaban J connectivity index is 1.48. The van der Waals surface area contributed by atoms with Crippen LogP contribution in [0.1, 0.15) is 54.2 Å². The lowest BCUT2D eigenvalue weighted by Crippen LogP contribution is -2.54. The lowest BCUT2D eigenvalue weighted by atomic mass is 9.81. The van der Waals surface area contributed by atoms with E-state index in [4.69, 9.17) is 21.3 Å². The Morgan fingerprint density at radius 1 is 1.31 bits per heavy atom. The summed E-state index contributed by atoms with van der Waals surface area (Å²) in [5.74, 6) is 1.84. The minimum Gasteiger partial charge on any atom is -0.462 e. The van der Waals surface area contributed by atoms with Crippen molar-refractivity contribution in [3.8, 4) is 0 Å². The zero-order valence-corrected chi connectivity index (χ0v) is 21.6. The Hall–Kier alpha value is -2.42. The van der Waals surface area contributed by atoms with Gasteiger partial charge in [0, 0.05) is 37.4 Å². The molecule has 0 amide bonds. The van der Waals surface area contributed by atoms with E-state index in [-0.39, 0.29) is 19.3 Å². The minimum absolute atomic E-state index is 0.164. The number of ether oxygens (including phenoxy) is 1. The van der Waals surface area contributed by atoms with Gasteiger partial charge < -0.3 is 25.0 Å². The van der Waals surface area contributed by atoms with Gasteiger partial charge >= 0.3 is 5.97 Å². The molecule has 3 heterocycles. The fourth-order valence-corrected chi connectivity index (χ4v) is 5.45. The normalized spacial score (nSPS) is 19.8. The van der Waals surface area contributed by atoms with Gasteiger partial charge in [-0.25, -0.2) is 9.78 Å². The van der Waals surface area contributed by atoms with Crippen molar-refractivity contribution in [2.45, 2.75) is 39.7 Å². The molecule has 0 radical (unpaired) electrons. The molecule has 0 spiro atoms. The van der Waals surface area contributed by atoms with Gasteiger partial charge in [-0.05, 0) is 69.2 Å². The van der Waals surface area contributed by atoms with Gasteiger partial charge in [0.05, 0.1) is 19.3 Å². The summed E-state index contributed by atoms with van der Waals surface area (Å²) < 4.78 is 5.24. The maximum absolute atomic E-state index is 12.6. The Morgan fingerprint density at radius 2 is 2.11 bits per heavy atom. The smallest absolute Gasteiger partial charge is 0.343 e. The lowest BCUT2D eigenvalue weighted by molar-refractivity contribution is 0.0526. The maximum atomic E-state index is 12.6. The molecule has 2 N–H and O–H groups in total. The average molecular weight is 502 g/mol. The summed E-state index contributed by atoms with van der Waals surface area (Å²) in [6.45, 7) is 10.9. The van der Waals surface area contributed by atoms with E-state index in [1.165, 1.54) is 12.8 Å². The molecule has 9 heteroatoms. The fourth-order valence-electron chi connectivity index (χ4n) is 5.05. The Bertz CT molecular complexity index is 1030. The summed E-state index contributed by atoms with van der Waals surface area (Å²) in [4.78, 5) is 26.4. The van der Waals surface area contributed by atoms with Crippen molar-refractivity contribution in [2.75, 3.05) is 56.2 Å². The second kappa shape index (κ2) is 11.5. The SMILES string of the molecule is CCOC(=O)c1cnc(N2CC([C@H]3CCCN(CCO)C3)C2)nc1N[C@H](C)c1ccc(C)cc1Cl. The molecule has 35 heavy (non-hydrogen) atoms. The number of hydrogen-bond acceptors (Lipinski definition) is 8. The second-order valence-corrected chi connectivity index (χ2v) is 10.0. The van der Waals surface area contributed by atoms with Crippen LogP contribution >= 0.6 is 11.6 Å². The van der Waals surface area contributed by atoms with E-state index in [0.29, 0.717) is 34.2 Å². The number of benzene rings is 1. The highest BCUT2D eigenvalue weighted by Gasteiger charge is 2.37. The quantitative estimate of drug-likeness (QED) is 0.499. The summed E-state index contributed by atoms with van der Waals surface area (Å²) in [5, 5.41) is 13.3. The van der Waals surface area contributed by atoms with Crippen molar-refractivity contribution in [1.29, 1.82) is 0 Å². The Kier molecular flexibility index (Phi) is 8.46. The molecule has 2 aromatic rings. The van der Waals surface area contributed by atoms with Crippen LogP contribution < -0.4 is 10.2 Å². The first-order valence-corrected chi connectivity index (χ1v) is 12.9. The van der Waals surface area contributed by atoms with Crippen molar-refractivity contribution in [3.63, 3.8) is 0 Å². The van der Waals surface area contributed by atoms with Crippen molar-refractivity contribution >= 4 is 29.3 Å². The van der Waals surface area contributed by atoms with Crippen LogP contribution in [0, 0.1) is 18.8 Å². The fraction of sp³-hybridized carbons (Fsp3) is 0.577. The van der Waals surface area contributed by atoms with E-state index in [1.54, 1.807) is 13.1 Å². The third-order valence-corrected chi connectivity index (χ3v) is 7.39. The van der Waals surface area contributed by atoms with Gasteiger partial charge in [0.15, 0.2) is 0 Å². The molecule has 8 nitrogen and oxygen atoms in total. The zero-order chi connectivity index (χ0) is 24.9. The van der Waals surface area contributed by atoms with Gasteiger partial charge in [-0.2, -0.15) is 4.98 Å². The number of hydrogen-bond donors (Lipinski definition) is 2. The van der Waals surface area contributed by atoms with Crippen LogP contribution in [-0.2, 0) is 4.74 Å². The van der Waals surface area contributed by atoms with Crippen LogP contribution in [-0.4, -0.2) is 71.9 Å². The van der Waals surface area contributed by atoms with E-state index in [0.717, 1.165) is 43.9 Å². The van der Waals surface area contributed by atoms with E-state index in [1.807, 2.05) is 32.0 Å². The summed E-state index contributed by atoms with van der Waals surface area (Å²) >= 11 is 6.49. The first-order chi connectivity index (χ1) is 16.9. The molecular formula is C26H36ClN5O3. The standard InChI is InChI=1S/C26H36ClN5O3/c1-4-35-25(34)22-13-28-26(30-24(22)29-18(3)21-8-7-17(2)12-23(21)27)32-15-20(16-32)19-6-5-9-31(14-19)10-11-33/h7-8,12-13,18-20,33H,4-6,9-11,14-16H2,1-3H3,(H,28,29,30)/t18-,19+/m1/s1. The number of esters is 1. The van der Waals surface area contributed by atoms with Crippen LogP contribution in [0.2, 0.25) is 5.02 Å². The molecule has 2 atom stereocenters. The van der Waals surface area contributed by atoms with Crippen LogP contribution in [0.3, 0.4) is 0 Å². The number of rotatable bonds is 9. The number of β-amino-alcohol motifs (C(OH)–C–C–N with tert-alkyl or cyclic N) is 1. The first-order valence-electron chi connectivity index (χ1n) is 12.5. The summed E-state index contributed by atoms with van der Waals surface area (Å²) in [5.41, 5.74) is 2.34. The van der Waals surface area contributed by atoms with Gasteiger partial charge in [0.1, 0.15) is 11.4 Å². The Morgan fingerprint density at radius 3 is 2.83 bits per heavy atom. The number of carbonyl (C=O) groups excluding carboxylic acids is 1. The van der Waals surface area contributed by atoms with Crippen LogP contribution in [0.25, 0.3) is 0 Å². The molecule has 0 unspecified atom stereocenters. The third-order valence-electron chi connectivity index (χ3n) is 7.06. The molecule has 2 saturated heterocycles. The minimum atomic E-state index is -0.448. The molecule has 0 aliphatic carbocycles. The van der Waals surface area contributed by atoms with Crippen molar-refractivity contribution in [2.24, 2.45) is 11.8 Å². The summed E-state index contributed by atoms with van der Waals surface area (Å²) in [6.07, 6.45) is 3.97. The molecule has 190 valence electrons. The summed E-state index contributed by atoms with van der Waals surface area (Å²) in [6, 6.07) is 5.78. The molecular weight excluding hydrogens is 466 g/mol. The monoisotopic (exact) mass is 501 g/mol. The number of anilines is 2. The largest absolute Gasteiger partial charge is 0.462 e. The van der Waals surface area contributed by atoms with Gasteiger partial charge in [-0.3, -0.25) is 0 Å². The topological polar surface area (TPSA) is 90.8 Å². The highest BCUT2D eigenvalue weighted by atomic mass is 35.5. The first kappa shape index (κ1) is 25.7. The number of aromatic nitrogens is 2.